The molecule has 0 aliphatic carbocycles. The maximum Gasteiger partial charge on any atom is 0.295 e. The minimum atomic E-state index is -0.521. The first kappa shape index (κ1) is 20.5. The van der Waals surface area contributed by atoms with E-state index in [1.54, 1.807) is 18.2 Å². The van der Waals surface area contributed by atoms with E-state index in [4.69, 9.17) is 18.6 Å². The molecule has 29 heavy (non-hydrogen) atoms. The zero-order valence-corrected chi connectivity index (χ0v) is 16.0. The Bertz CT molecular complexity index is 1040. The van der Waals surface area contributed by atoms with Crippen molar-refractivity contribution in [2.45, 2.75) is 13.2 Å². The highest BCUT2D eigenvalue weighted by molar-refractivity contribution is 6.08. The number of methoxy groups -OCH3 is 2. The summed E-state index contributed by atoms with van der Waals surface area (Å²) >= 11 is 0. The van der Waals surface area contributed by atoms with E-state index in [2.05, 4.69) is 0 Å². The molecule has 152 valence electrons. The van der Waals surface area contributed by atoms with Crippen molar-refractivity contribution in [1.82, 2.24) is 4.57 Å². The summed E-state index contributed by atoms with van der Waals surface area (Å²) in [6.45, 7) is -0.181. The second-order valence-corrected chi connectivity index (χ2v) is 6.20. The Kier molecular flexibility index (Phi) is 6.58. The van der Waals surface area contributed by atoms with Gasteiger partial charge in [0, 0.05) is 26.8 Å². The smallest absolute Gasteiger partial charge is 0.295 e. The SMILES string of the molecule is COCOc1c(C(=O)c2ccc(Cc3ccc(F)cc3)o2)ccn(COC)c1=O. The number of hydrogen-bond donors (Lipinski definition) is 0. The number of carbonyl (C=O) groups is 1. The predicted octanol–water partition coefficient (Wildman–Crippen LogP) is 2.99. The van der Waals surface area contributed by atoms with Crippen LogP contribution in [0.2, 0.25) is 0 Å². The lowest BCUT2D eigenvalue weighted by Gasteiger charge is -2.12. The molecule has 3 rings (SSSR count). The monoisotopic (exact) mass is 401 g/mol. The first-order valence-electron chi connectivity index (χ1n) is 8.75. The van der Waals surface area contributed by atoms with Crippen molar-refractivity contribution in [1.29, 1.82) is 0 Å². The van der Waals surface area contributed by atoms with Gasteiger partial charge in [0.15, 0.2) is 18.3 Å². The maximum atomic E-state index is 13.0. The number of pyridine rings is 1. The van der Waals surface area contributed by atoms with Crippen molar-refractivity contribution < 1.29 is 27.8 Å². The van der Waals surface area contributed by atoms with Crippen LogP contribution in [0.5, 0.6) is 5.75 Å². The van der Waals surface area contributed by atoms with Crippen molar-refractivity contribution in [3.63, 3.8) is 0 Å². The number of nitrogens with zero attached hydrogens (tertiary/aromatic N) is 1. The molecule has 0 saturated heterocycles. The molecule has 0 unspecified atom stereocenters. The molecule has 0 aliphatic heterocycles. The van der Waals surface area contributed by atoms with Crippen LogP contribution in [0.25, 0.3) is 0 Å². The molecule has 2 aromatic heterocycles. The Labute approximate surface area is 166 Å². The third kappa shape index (κ3) is 4.79. The first-order valence-corrected chi connectivity index (χ1v) is 8.75. The fourth-order valence-corrected chi connectivity index (χ4v) is 2.76. The average molecular weight is 401 g/mol. The van der Waals surface area contributed by atoms with Gasteiger partial charge in [-0.3, -0.25) is 14.2 Å². The van der Waals surface area contributed by atoms with Gasteiger partial charge in [0.1, 0.15) is 18.3 Å². The number of benzene rings is 1. The van der Waals surface area contributed by atoms with Gasteiger partial charge in [-0.05, 0) is 35.9 Å². The highest BCUT2D eigenvalue weighted by Gasteiger charge is 2.22. The van der Waals surface area contributed by atoms with Gasteiger partial charge in [0.2, 0.25) is 5.78 Å². The van der Waals surface area contributed by atoms with E-state index < -0.39 is 11.3 Å². The number of hydrogen-bond acceptors (Lipinski definition) is 6. The number of furan rings is 1. The zero-order valence-electron chi connectivity index (χ0n) is 16.0. The molecule has 0 atom stereocenters. The van der Waals surface area contributed by atoms with Crippen LogP contribution in [0.15, 0.2) is 57.9 Å². The molecule has 0 bridgehead atoms. The van der Waals surface area contributed by atoms with Crippen LogP contribution in [0.4, 0.5) is 4.39 Å². The van der Waals surface area contributed by atoms with Gasteiger partial charge in [0.25, 0.3) is 5.56 Å². The van der Waals surface area contributed by atoms with Crippen molar-refractivity contribution >= 4 is 5.78 Å². The molecule has 1 aromatic carbocycles. The van der Waals surface area contributed by atoms with E-state index in [0.29, 0.717) is 12.2 Å². The lowest BCUT2D eigenvalue weighted by molar-refractivity contribution is 0.0477. The fraction of sp³-hybridized carbons (Fsp3) is 0.238. The van der Waals surface area contributed by atoms with E-state index in [1.807, 2.05) is 0 Å². The molecule has 0 fully saturated rings. The molecule has 0 spiro atoms. The fourth-order valence-electron chi connectivity index (χ4n) is 2.76. The third-order valence-electron chi connectivity index (χ3n) is 4.13. The largest absolute Gasteiger partial charge is 0.461 e. The highest BCUT2D eigenvalue weighted by Crippen LogP contribution is 2.21. The molecule has 0 aliphatic rings. The normalized spacial score (nSPS) is 10.9. The number of ether oxygens (including phenoxy) is 3. The summed E-state index contributed by atoms with van der Waals surface area (Å²) in [5, 5.41) is 0. The van der Waals surface area contributed by atoms with Gasteiger partial charge in [-0.2, -0.15) is 0 Å². The molecule has 8 heteroatoms. The van der Waals surface area contributed by atoms with Gasteiger partial charge in [0.05, 0.1) is 5.56 Å². The van der Waals surface area contributed by atoms with E-state index in [0.717, 1.165) is 5.56 Å². The Morgan fingerprint density at radius 2 is 1.83 bits per heavy atom. The topological polar surface area (TPSA) is 79.9 Å². The third-order valence-corrected chi connectivity index (χ3v) is 4.13. The van der Waals surface area contributed by atoms with Crippen LogP contribution in [0.1, 0.15) is 27.4 Å². The predicted molar refractivity (Wildman–Crippen MR) is 102 cm³/mol. The molecule has 0 amide bonds. The van der Waals surface area contributed by atoms with Gasteiger partial charge >= 0.3 is 0 Å². The summed E-state index contributed by atoms with van der Waals surface area (Å²) in [6.07, 6.45) is 1.84. The van der Waals surface area contributed by atoms with Crippen LogP contribution in [0.3, 0.4) is 0 Å². The minimum absolute atomic E-state index is 0.0131. The molecule has 0 N–H and O–H groups in total. The Morgan fingerprint density at radius 3 is 2.52 bits per heavy atom. The summed E-state index contributed by atoms with van der Waals surface area (Å²) in [6, 6.07) is 10.7. The van der Waals surface area contributed by atoms with E-state index >= 15 is 0 Å². The van der Waals surface area contributed by atoms with Crippen LogP contribution >= 0.6 is 0 Å². The van der Waals surface area contributed by atoms with Gasteiger partial charge in [-0.1, -0.05) is 12.1 Å². The number of rotatable bonds is 9. The second kappa shape index (κ2) is 9.31. The quantitative estimate of drug-likeness (QED) is 0.405. The van der Waals surface area contributed by atoms with Crippen molar-refractivity contribution in [3.05, 3.63) is 87.5 Å². The second-order valence-electron chi connectivity index (χ2n) is 6.20. The summed E-state index contributed by atoms with van der Waals surface area (Å²) in [5.41, 5.74) is 0.376. The molecule has 3 aromatic rings. The number of carbonyl (C=O) groups excluding carboxylic acids is 1. The zero-order chi connectivity index (χ0) is 20.8. The standard InChI is InChI=1S/C21H20FNO6/c1-26-12-23-10-9-17(20(21(23)25)28-13-27-2)19(24)18-8-7-16(29-18)11-14-3-5-15(22)6-4-14/h3-10H,11-13H2,1-2H3. The molecular weight excluding hydrogens is 381 g/mol. The van der Waals surface area contributed by atoms with E-state index in [-0.39, 0.29) is 36.4 Å². The number of halogens is 1. The van der Waals surface area contributed by atoms with Crippen molar-refractivity contribution in [2.75, 3.05) is 21.0 Å². The number of aromatic nitrogens is 1. The van der Waals surface area contributed by atoms with E-state index in [1.165, 1.54) is 49.2 Å². The van der Waals surface area contributed by atoms with Crippen molar-refractivity contribution in [3.8, 4) is 5.75 Å². The van der Waals surface area contributed by atoms with Crippen LogP contribution in [-0.4, -0.2) is 31.4 Å². The van der Waals surface area contributed by atoms with Crippen LogP contribution < -0.4 is 10.3 Å². The average Bonchev–Trinajstić information content (AvgIpc) is 3.18. The van der Waals surface area contributed by atoms with Crippen LogP contribution in [0, 0.1) is 5.82 Å². The summed E-state index contributed by atoms with van der Waals surface area (Å²) in [4.78, 5) is 25.5. The van der Waals surface area contributed by atoms with Gasteiger partial charge in [-0.25, -0.2) is 4.39 Å². The first-order chi connectivity index (χ1) is 14.0. The van der Waals surface area contributed by atoms with Gasteiger partial charge in [-0.15, -0.1) is 0 Å². The van der Waals surface area contributed by atoms with Crippen LogP contribution in [-0.2, 0) is 22.6 Å². The molecule has 2 heterocycles. The lowest BCUT2D eigenvalue weighted by Crippen LogP contribution is -2.25. The molecule has 0 radical (unpaired) electrons. The Hall–Kier alpha value is -3.23. The van der Waals surface area contributed by atoms with Crippen molar-refractivity contribution in [2.24, 2.45) is 0 Å². The molecule has 0 saturated carbocycles. The lowest BCUT2D eigenvalue weighted by atomic mass is 10.1. The molecule has 7 nitrogen and oxygen atoms in total. The van der Waals surface area contributed by atoms with E-state index in [9.17, 15) is 14.0 Å². The summed E-state index contributed by atoms with van der Waals surface area (Å²) in [7, 11) is 2.86. The number of ketones is 1. The maximum absolute atomic E-state index is 13.0. The Balaban J connectivity index is 1.88. The summed E-state index contributed by atoms with van der Waals surface area (Å²) in [5.74, 6) is -0.368. The van der Waals surface area contributed by atoms with Gasteiger partial charge < -0.3 is 18.6 Å². The summed E-state index contributed by atoms with van der Waals surface area (Å²) < 4.78 is 35.1. The Morgan fingerprint density at radius 1 is 1.07 bits per heavy atom. The molecular formula is C21H20FNO6. The minimum Gasteiger partial charge on any atom is -0.461 e. The highest BCUT2D eigenvalue weighted by atomic mass is 19.1.